The summed E-state index contributed by atoms with van der Waals surface area (Å²) in [5, 5.41) is 0. The summed E-state index contributed by atoms with van der Waals surface area (Å²) < 4.78 is 5.54. The highest BCUT2D eigenvalue weighted by Crippen LogP contribution is 2.40. The number of amides is 1. The molecule has 1 fully saturated rings. The first-order valence-corrected chi connectivity index (χ1v) is 8.24. The van der Waals surface area contributed by atoms with E-state index < -0.39 is 0 Å². The predicted molar refractivity (Wildman–Crippen MR) is 89.3 cm³/mol. The van der Waals surface area contributed by atoms with Crippen LogP contribution >= 0.6 is 0 Å². The lowest BCUT2D eigenvalue weighted by atomic mass is 9.80. The lowest BCUT2D eigenvalue weighted by Crippen LogP contribution is -2.39. The van der Waals surface area contributed by atoms with Crippen molar-refractivity contribution in [3.63, 3.8) is 0 Å². The molecule has 3 nitrogen and oxygen atoms in total. The zero-order chi connectivity index (χ0) is 15.8. The molecule has 1 aliphatic carbocycles. The van der Waals surface area contributed by atoms with Gasteiger partial charge in [0.1, 0.15) is 5.75 Å². The van der Waals surface area contributed by atoms with Crippen molar-refractivity contribution in [1.82, 2.24) is 4.90 Å². The Hall–Kier alpha value is -2.29. The van der Waals surface area contributed by atoms with Crippen molar-refractivity contribution < 1.29 is 9.53 Å². The van der Waals surface area contributed by atoms with Gasteiger partial charge in [0.05, 0.1) is 7.11 Å². The summed E-state index contributed by atoms with van der Waals surface area (Å²) in [7, 11) is 1.73. The Morgan fingerprint density at radius 1 is 1.04 bits per heavy atom. The highest BCUT2D eigenvalue weighted by atomic mass is 16.5. The van der Waals surface area contributed by atoms with Crippen LogP contribution in [0, 0.1) is 5.92 Å². The molecule has 0 radical (unpaired) electrons. The van der Waals surface area contributed by atoms with Gasteiger partial charge in [0.15, 0.2) is 0 Å². The second kappa shape index (κ2) is 5.73. The number of ether oxygens (including phenoxy) is 1. The van der Waals surface area contributed by atoms with Crippen molar-refractivity contribution in [2.75, 3.05) is 7.11 Å². The zero-order valence-electron chi connectivity index (χ0n) is 13.4. The SMILES string of the molecule is COc1cccc2c1C[C@@H]1[C@H](CC(=O)N1Cc1ccccc1)C2. The molecule has 2 aromatic carbocycles. The van der Waals surface area contributed by atoms with Gasteiger partial charge in [-0.2, -0.15) is 0 Å². The molecule has 0 aromatic heterocycles. The molecule has 1 amide bonds. The first kappa shape index (κ1) is 14.3. The van der Waals surface area contributed by atoms with Crippen molar-refractivity contribution in [1.29, 1.82) is 0 Å². The van der Waals surface area contributed by atoms with Crippen molar-refractivity contribution >= 4 is 5.91 Å². The van der Waals surface area contributed by atoms with Gasteiger partial charge in [0.25, 0.3) is 0 Å². The minimum Gasteiger partial charge on any atom is -0.496 e. The summed E-state index contributed by atoms with van der Waals surface area (Å²) in [5.74, 6) is 1.68. The first-order chi connectivity index (χ1) is 11.3. The van der Waals surface area contributed by atoms with Gasteiger partial charge in [-0.25, -0.2) is 0 Å². The molecule has 2 atom stereocenters. The van der Waals surface area contributed by atoms with E-state index in [9.17, 15) is 4.79 Å². The largest absolute Gasteiger partial charge is 0.496 e. The van der Waals surface area contributed by atoms with Crippen molar-refractivity contribution in [3.8, 4) is 5.75 Å². The third-order valence-electron chi connectivity index (χ3n) is 5.24. The Labute approximate surface area is 136 Å². The zero-order valence-corrected chi connectivity index (χ0v) is 13.4. The third-order valence-corrected chi connectivity index (χ3v) is 5.24. The minimum absolute atomic E-state index is 0.288. The molecule has 1 aliphatic heterocycles. The maximum Gasteiger partial charge on any atom is 0.223 e. The molecule has 1 heterocycles. The molecule has 2 aromatic rings. The summed E-state index contributed by atoms with van der Waals surface area (Å²) in [4.78, 5) is 14.6. The Bertz CT molecular complexity index is 726. The Balaban J connectivity index is 1.63. The average Bonchev–Trinajstić information content (AvgIpc) is 2.88. The van der Waals surface area contributed by atoms with E-state index in [1.165, 1.54) is 16.7 Å². The third kappa shape index (κ3) is 2.50. The molecule has 0 saturated carbocycles. The lowest BCUT2D eigenvalue weighted by Gasteiger charge is -2.33. The minimum atomic E-state index is 0.288. The highest BCUT2D eigenvalue weighted by Gasteiger charge is 2.42. The molecule has 0 spiro atoms. The van der Waals surface area contributed by atoms with Gasteiger partial charge in [-0.3, -0.25) is 4.79 Å². The molecule has 2 aliphatic rings. The fraction of sp³-hybridized carbons (Fsp3) is 0.350. The van der Waals surface area contributed by atoms with Crippen LogP contribution in [0.4, 0.5) is 0 Å². The number of fused-ring (bicyclic) bond motifs is 2. The van der Waals surface area contributed by atoms with Crippen LogP contribution in [0.3, 0.4) is 0 Å². The first-order valence-electron chi connectivity index (χ1n) is 8.24. The van der Waals surface area contributed by atoms with Gasteiger partial charge in [0.2, 0.25) is 5.91 Å². The quantitative estimate of drug-likeness (QED) is 0.871. The summed E-state index contributed by atoms with van der Waals surface area (Å²) in [6.45, 7) is 0.714. The van der Waals surface area contributed by atoms with E-state index in [1.807, 2.05) is 24.3 Å². The number of nitrogens with zero attached hydrogens (tertiary/aromatic N) is 1. The second-order valence-corrected chi connectivity index (χ2v) is 6.54. The molecule has 3 heteroatoms. The van der Waals surface area contributed by atoms with Gasteiger partial charge >= 0.3 is 0 Å². The lowest BCUT2D eigenvalue weighted by molar-refractivity contribution is -0.129. The highest BCUT2D eigenvalue weighted by molar-refractivity contribution is 5.79. The van der Waals surface area contributed by atoms with Crippen LogP contribution in [0.5, 0.6) is 5.75 Å². The Morgan fingerprint density at radius 3 is 2.65 bits per heavy atom. The van der Waals surface area contributed by atoms with Crippen molar-refractivity contribution in [2.45, 2.75) is 31.8 Å². The van der Waals surface area contributed by atoms with Crippen LogP contribution < -0.4 is 4.74 Å². The van der Waals surface area contributed by atoms with E-state index in [0.29, 0.717) is 24.9 Å². The maximum atomic E-state index is 12.5. The van der Waals surface area contributed by atoms with E-state index in [2.05, 4.69) is 29.2 Å². The molecule has 0 bridgehead atoms. The van der Waals surface area contributed by atoms with E-state index >= 15 is 0 Å². The van der Waals surface area contributed by atoms with Gasteiger partial charge in [-0.05, 0) is 41.5 Å². The van der Waals surface area contributed by atoms with Crippen molar-refractivity contribution in [3.05, 3.63) is 65.2 Å². The summed E-state index contributed by atoms with van der Waals surface area (Å²) in [6, 6.07) is 16.8. The summed E-state index contributed by atoms with van der Waals surface area (Å²) >= 11 is 0. The molecule has 0 N–H and O–H groups in total. The standard InChI is InChI=1S/C20H21NO2/c1-23-19-9-5-8-15-10-16-11-20(22)21(18(16)12-17(15)19)13-14-6-3-2-4-7-14/h2-9,16,18H,10-13H2,1H3/t16-,18+/m0/s1. The molecule has 4 rings (SSSR count). The summed E-state index contributed by atoms with van der Waals surface area (Å²) in [6.07, 6.45) is 2.56. The number of benzene rings is 2. The van der Waals surface area contributed by atoms with E-state index in [0.717, 1.165) is 18.6 Å². The fourth-order valence-corrected chi connectivity index (χ4v) is 4.10. The number of carbonyl (C=O) groups excluding carboxylic acids is 1. The summed E-state index contributed by atoms with van der Waals surface area (Å²) in [5.41, 5.74) is 3.83. The van der Waals surface area contributed by atoms with Gasteiger partial charge in [-0.1, -0.05) is 42.5 Å². The van der Waals surface area contributed by atoms with Crippen LogP contribution in [-0.4, -0.2) is 24.0 Å². The number of hydrogen-bond donors (Lipinski definition) is 0. The Morgan fingerprint density at radius 2 is 1.87 bits per heavy atom. The molecule has 118 valence electrons. The van der Waals surface area contributed by atoms with Gasteiger partial charge in [0, 0.05) is 19.0 Å². The Kier molecular flexibility index (Phi) is 3.56. The van der Waals surface area contributed by atoms with Crippen LogP contribution in [0.1, 0.15) is 23.1 Å². The molecule has 1 saturated heterocycles. The molecular formula is C20H21NO2. The van der Waals surface area contributed by atoms with Gasteiger partial charge in [-0.15, -0.1) is 0 Å². The normalized spacial score (nSPS) is 22.7. The monoisotopic (exact) mass is 307 g/mol. The van der Waals surface area contributed by atoms with Crippen LogP contribution in [0.25, 0.3) is 0 Å². The van der Waals surface area contributed by atoms with E-state index in [-0.39, 0.29) is 5.91 Å². The number of rotatable bonds is 3. The smallest absolute Gasteiger partial charge is 0.223 e. The van der Waals surface area contributed by atoms with Crippen LogP contribution in [-0.2, 0) is 24.2 Å². The van der Waals surface area contributed by atoms with Crippen LogP contribution in [0.15, 0.2) is 48.5 Å². The predicted octanol–water partition coefficient (Wildman–Crippen LogP) is 3.21. The number of hydrogen-bond acceptors (Lipinski definition) is 2. The number of methoxy groups -OCH3 is 1. The number of likely N-dealkylation sites (tertiary alicyclic amines) is 1. The maximum absolute atomic E-state index is 12.5. The van der Waals surface area contributed by atoms with E-state index in [4.69, 9.17) is 4.74 Å². The number of carbonyl (C=O) groups is 1. The molecule has 0 unspecified atom stereocenters. The second-order valence-electron chi connectivity index (χ2n) is 6.54. The average molecular weight is 307 g/mol. The van der Waals surface area contributed by atoms with E-state index in [1.54, 1.807) is 7.11 Å². The van der Waals surface area contributed by atoms with Crippen molar-refractivity contribution in [2.24, 2.45) is 5.92 Å². The topological polar surface area (TPSA) is 29.5 Å². The van der Waals surface area contributed by atoms with Crippen LogP contribution in [0.2, 0.25) is 0 Å². The molecule has 23 heavy (non-hydrogen) atoms. The fourth-order valence-electron chi connectivity index (χ4n) is 4.10. The molecular weight excluding hydrogens is 286 g/mol. The van der Waals surface area contributed by atoms with Gasteiger partial charge < -0.3 is 9.64 Å².